The zero-order chi connectivity index (χ0) is 17.7. The first kappa shape index (κ1) is 17.1. The fourth-order valence-electron chi connectivity index (χ4n) is 2.02. The summed E-state index contributed by atoms with van der Waals surface area (Å²) in [6, 6.07) is 5.21. The second-order valence-corrected chi connectivity index (χ2v) is 4.89. The lowest BCUT2D eigenvalue weighted by atomic mass is 10.2. The minimum absolute atomic E-state index is 0.152. The number of methoxy groups -OCH3 is 1. The lowest BCUT2D eigenvalue weighted by molar-refractivity contribution is -0.384. The Labute approximate surface area is 137 Å². The molecule has 0 aliphatic heterocycles. The molecule has 0 saturated heterocycles. The van der Waals surface area contributed by atoms with Crippen molar-refractivity contribution >= 4 is 17.3 Å². The molecule has 1 heterocycles. The third-order valence-corrected chi connectivity index (χ3v) is 3.28. The summed E-state index contributed by atoms with van der Waals surface area (Å²) in [5.74, 6) is -0.320. The number of nitro benzene ring substituents is 1. The van der Waals surface area contributed by atoms with Crippen molar-refractivity contribution in [1.82, 2.24) is 9.55 Å². The molecule has 24 heavy (non-hydrogen) atoms. The molecule has 0 radical (unpaired) electrons. The smallest absolute Gasteiger partial charge is 0.273 e. The molecule has 0 aliphatic carbocycles. The first-order valence-electron chi connectivity index (χ1n) is 7.12. The number of carbonyl (C=O) groups is 1. The molecule has 0 bridgehead atoms. The van der Waals surface area contributed by atoms with Gasteiger partial charge >= 0.3 is 0 Å². The van der Waals surface area contributed by atoms with Crippen molar-refractivity contribution in [2.75, 3.05) is 12.4 Å². The molecule has 1 N–H and O–H groups in total. The molecule has 0 unspecified atom stereocenters. The van der Waals surface area contributed by atoms with Gasteiger partial charge in [0.25, 0.3) is 11.2 Å². The average Bonchev–Trinajstić information content (AvgIpc) is 2.56. The van der Waals surface area contributed by atoms with Gasteiger partial charge in [0.05, 0.1) is 30.1 Å². The topological polar surface area (TPSA) is 116 Å². The fraction of sp³-hybridized carbons (Fsp3) is 0.267. The van der Waals surface area contributed by atoms with E-state index in [9.17, 15) is 19.7 Å². The maximum Gasteiger partial charge on any atom is 0.273 e. The van der Waals surface area contributed by atoms with Crippen molar-refractivity contribution in [2.45, 2.75) is 19.9 Å². The number of hydrogen-bond acceptors (Lipinski definition) is 6. The van der Waals surface area contributed by atoms with E-state index in [0.717, 1.165) is 0 Å². The molecule has 0 spiro atoms. The number of nitrogens with one attached hydrogen (secondary N) is 1. The number of hydrogen-bond donors (Lipinski definition) is 1. The van der Waals surface area contributed by atoms with Crippen LogP contribution < -0.4 is 15.6 Å². The van der Waals surface area contributed by atoms with Gasteiger partial charge in [-0.1, -0.05) is 6.92 Å². The van der Waals surface area contributed by atoms with Crippen molar-refractivity contribution in [3.63, 3.8) is 0 Å². The van der Waals surface area contributed by atoms with E-state index in [-0.39, 0.29) is 29.2 Å². The summed E-state index contributed by atoms with van der Waals surface area (Å²) in [4.78, 5) is 38.2. The van der Waals surface area contributed by atoms with E-state index in [1.54, 1.807) is 0 Å². The number of amides is 1. The SMILES string of the molecule is CCc1cc(=O)n(CC(=O)Nc2ccc([N+](=O)[O-])cc2OC)cn1. The van der Waals surface area contributed by atoms with Crippen LogP contribution in [0.25, 0.3) is 0 Å². The Kier molecular flexibility index (Phi) is 5.25. The summed E-state index contributed by atoms with van der Waals surface area (Å²) in [5, 5.41) is 13.3. The van der Waals surface area contributed by atoms with Crippen molar-refractivity contribution in [1.29, 1.82) is 0 Å². The zero-order valence-corrected chi connectivity index (χ0v) is 13.2. The normalized spacial score (nSPS) is 10.2. The van der Waals surface area contributed by atoms with Gasteiger partial charge in [-0.05, 0) is 12.5 Å². The maximum atomic E-state index is 12.1. The Hall–Kier alpha value is -3.23. The Morgan fingerprint density at radius 2 is 2.17 bits per heavy atom. The van der Waals surface area contributed by atoms with Crippen LogP contribution in [0.1, 0.15) is 12.6 Å². The zero-order valence-electron chi connectivity index (χ0n) is 13.2. The van der Waals surface area contributed by atoms with Gasteiger partial charge in [0, 0.05) is 17.8 Å². The standard InChI is InChI=1S/C15H16N4O5/c1-3-10-6-15(21)18(9-16-10)8-14(20)17-12-5-4-11(19(22)23)7-13(12)24-2/h4-7,9H,3,8H2,1-2H3,(H,17,20). The number of ether oxygens (including phenoxy) is 1. The highest BCUT2D eigenvalue weighted by atomic mass is 16.6. The third kappa shape index (κ3) is 3.94. The van der Waals surface area contributed by atoms with Crippen molar-refractivity contribution < 1.29 is 14.5 Å². The minimum atomic E-state index is -0.561. The molecule has 1 aromatic carbocycles. The van der Waals surface area contributed by atoms with Gasteiger partial charge in [-0.15, -0.1) is 0 Å². The van der Waals surface area contributed by atoms with Gasteiger partial charge in [0.2, 0.25) is 5.91 Å². The Morgan fingerprint density at radius 1 is 1.42 bits per heavy atom. The van der Waals surface area contributed by atoms with Crippen LogP contribution in [0.3, 0.4) is 0 Å². The Bertz CT molecular complexity index is 831. The molecule has 0 atom stereocenters. The Balaban J connectivity index is 2.15. The van der Waals surface area contributed by atoms with Gasteiger partial charge in [-0.2, -0.15) is 0 Å². The third-order valence-electron chi connectivity index (χ3n) is 3.28. The summed E-state index contributed by atoms with van der Waals surface area (Å²) in [6.45, 7) is 1.65. The largest absolute Gasteiger partial charge is 0.494 e. The molecule has 9 nitrogen and oxygen atoms in total. The van der Waals surface area contributed by atoms with E-state index < -0.39 is 10.8 Å². The molecule has 126 valence electrons. The van der Waals surface area contributed by atoms with E-state index >= 15 is 0 Å². The molecule has 9 heteroatoms. The number of aromatic nitrogens is 2. The molecular formula is C15H16N4O5. The van der Waals surface area contributed by atoms with E-state index in [0.29, 0.717) is 12.1 Å². The van der Waals surface area contributed by atoms with Crippen LogP contribution in [0, 0.1) is 10.1 Å². The molecule has 0 fully saturated rings. The summed E-state index contributed by atoms with van der Waals surface area (Å²) in [7, 11) is 1.34. The minimum Gasteiger partial charge on any atom is -0.494 e. The average molecular weight is 332 g/mol. The number of nitrogens with zero attached hydrogens (tertiary/aromatic N) is 3. The second-order valence-electron chi connectivity index (χ2n) is 4.89. The quantitative estimate of drug-likeness (QED) is 0.630. The number of benzene rings is 1. The van der Waals surface area contributed by atoms with Gasteiger partial charge in [-0.25, -0.2) is 4.98 Å². The molecule has 2 rings (SSSR count). The van der Waals surface area contributed by atoms with Crippen LogP contribution in [0.15, 0.2) is 35.4 Å². The summed E-state index contributed by atoms with van der Waals surface area (Å²) in [5.41, 5.74) is 0.445. The number of non-ortho nitro benzene ring substituents is 1. The van der Waals surface area contributed by atoms with E-state index in [4.69, 9.17) is 4.74 Å². The first-order valence-corrected chi connectivity index (χ1v) is 7.12. The van der Waals surface area contributed by atoms with E-state index in [1.165, 1.54) is 42.3 Å². The highest BCUT2D eigenvalue weighted by molar-refractivity contribution is 5.92. The number of anilines is 1. The fourth-order valence-corrected chi connectivity index (χ4v) is 2.02. The lowest BCUT2D eigenvalue weighted by Crippen LogP contribution is -2.28. The van der Waals surface area contributed by atoms with Crippen LogP contribution in [0.4, 0.5) is 11.4 Å². The predicted octanol–water partition coefficient (Wildman–Crippen LogP) is 1.36. The van der Waals surface area contributed by atoms with Gasteiger partial charge in [-0.3, -0.25) is 24.3 Å². The monoisotopic (exact) mass is 332 g/mol. The highest BCUT2D eigenvalue weighted by Crippen LogP contribution is 2.28. The van der Waals surface area contributed by atoms with Crippen molar-refractivity contribution in [3.05, 3.63) is 56.8 Å². The van der Waals surface area contributed by atoms with Crippen LogP contribution in [-0.2, 0) is 17.8 Å². The van der Waals surface area contributed by atoms with E-state index in [2.05, 4.69) is 10.3 Å². The van der Waals surface area contributed by atoms with Crippen LogP contribution in [0.2, 0.25) is 0 Å². The second kappa shape index (κ2) is 7.36. The number of nitro groups is 1. The first-order chi connectivity index (χ1) is 11.4. The lowest BCUT2D eigenvalue weighted by Gasteiger charge is -2.11. The number of rotatable bonds is 6. The van der Waals surface area contributed by atoms with E-state index in [1.807, 2.05) is 6.92 Å². The predicted molar refractivity (Wildman–Crippen MR) is 86.2 cm³/mol. The van der Waals surface area contributed by atoms with Gasteiger partial charge in [0.1, 0.15) is 12.3 Å². The number of carbonyl (C=O) groups excluding carboxylic acids is 1. The van der Waals surface area contributed by atoms with Crippen molar-refractivity contribution in [2.24, 2.45) is 0 Å². The maximum absolute atomic E-state index is 12.1. The molecule has 2 aromatic rings. The molecular weight excluding hydrogens is 316 g/mol. The van der Waals surface area contributed by atoms with Crippen LogP contribution in [0.5, 0.6) is 5.75 Å². The van der Waals surface area contributed by atoms with Crippen LogP contribution in [-0.4, -0.2) is 27.5 Å². The summed E-state index contributed by atoms with van der Waals surface area (Å²) in [6.07, 6.45) is 1.94. The summed E-state index contributed by atoms with van der Waals surface area (Å²) >= 11 is 0. The molecule has 0 saturated carbocycles. The highest BCUT2D eigenvalue weighted by Gasteiger charge is 2.14. The molecule has 0 aliphatic rings. The van der Waals surface area contributed by atoms with Gasteiger partial charge < -0.3 is 10.1 Å². The number of aryl methyl sites for hydroxylation is 1. The van der Waals surface area contributed by atoms with Gasteiger partial charge in [0.15, 0.2) is 0 Å². The molecule has 1 aromatic heterocycles. The molecule has 1 amide bonds. The van der Waals surface area contributed by atoms with Crippen molar-refractivity contribution in [3.8, 4) is 5.75 Å². The summed E-state index contributed by atoms with van der Waals surface area (Å²) < 4.78 is 6.21. The Morgan fingerprint density at radius 3 is 2.75 bits per heavy atom. The van der Waals surface area contributed by atoms with Crippen LogP contribution >= 0.6 is 0 Å².